The zero-order chi connectivity index (χ0) is 18.4. The fraction of sp³-hybridized carbons (Fsp3) is 1.00. The predicted octanol–water partition coefficient (Wildman–Crippen LogP) is 5.49. The topological polar surface area (TPSA) is 27.7 Å². The lowest BCUT2D eigenvalue weighted by molar-refractivity contribution is 0.0886. The monoisotopic (exact) mass is 410 g/mol. The Kier molecular flexibility index (Phi) is 24.0. The van der Waals surface area contributed by atoms with Crippen LogP contribution in [0.15, 0.2) is 0 Å². The third-order valence-electron chi connectivity index (χ3n) is 3.92. The molecule has 0 aliphatic carbocycles. The highest BCUT2D eigenvalue weighted by Gasteiger charge is 2.20. The van der Waals surface area contributed by atoms with Crippen LogP contribution in [0, 0.1) is 0 Å². The molecule has 0 saturated carbocycles. The maximum absolute atomic E-state index is 5.79. The molecule has 0 atom stereocenters. The molecule has 0 radical (unpaired) electrons. The van der Waals surface area contributed by atoms with Crippen molar-refractivity contribution in [1.29, 1.82) is 0 Å². The van der Waals surface area contributed by atoms with E-state index < -0.39 is 7.32 Å². The van der Waals surface area contributed by atoms with Crippen LogP contribution >= 0.6 is 37.9 Å². The molecule has 0 rings (SSSR count). The van der Waals surface area contributed by atoms with Gasteiger partial charge in [-0.15, -0.1) is 0 Å². The summed E-state index contributed by atoms with van der Waals surface area (Å²) in [6.07, 6.45) is 13.9. The number of hydrogen-bond donors (Lipinski definition) is 3. The van der Waals surface area contributed by atoms with E-state index in [2.05, 4.69) is 37.9 Å². The molecular formula is C18H39BO3S3. The number of thiol groups is 3. The molecule has 0 aliphatic rings. The van der Waals surface area contributed by atoms with Gasteiger partial charge in [-0.2, -0.15) is 37.9 Å². The molecule has 0 fully saturated rings. The van der Waals surface area contributed by atoms with Crippen molar-refractivity contribution in [2.24, 2.45) is 0 Å². The van der Waals surface area contributed by atoms with E-state index in [9.17, 15) is 0 Å². The van der Waals surface area contributed by atoms with Crippen LogP contribution in [0.2, 0.25) is 0 Å². The Morgan fingerprint density at radius 1 is 0.400 bits per heavy atom. The summed E-state index contributed by atoms with van der Waals surface area (Å²) < 4.78 is 17.4. The Labute approximate surface area is 173 Å². The van der Waals surface area contributed by atoms with Crippen LogP contribution in [0.4, 0.5) is 0 Å². The van der Waals surface area contributed by atoms with Crippen molar-refractivity contribution in [1.82, 2.24) is 0 Å². The molecule has 150 valence electrons. The molecule has 0 aromatic carbocycles. The van der Waals surface area contributed by atoms with E-state index in [0.29, 0.717) is 19.8 Å². The molecule has 0 saturated heterocycles. The van der Waals surface area contributed by atoms with Crippen LogP contribution < -0.4 is 0 Å². The van der Waals surface area contributed by atoms with Gasteiger partial charge in [-0.25, -0.2) is 0 Å². The average Bonchev–Trinajstić information content (AvgIpc) is 2.63. The van der Waals surface area contributed by atoms with E-state index in [4.69, 9.17) is 14.0 Å². The summed E-state index contributed by atoms with van der Waals surface area (Å²) in [6, 6.07) is 0. The lowest BCUT2D eigenvalue weighted by atomic mass is 10.1. The van der Waals surface area contributed by atoms with Gasteiger partial charge in [0.25, 0.3) is 0 Å². The molecule has 0 bridgehead atoms. The standard InChI is InChI=1S/C18H39BO3S3/c23-16-10-4-1-7-13-20-19(21-14-8-2-5-11-17-24)22-15-9-3-6-12-18-25/h23-25H,1-18H2. The number of rotatable bonds is 21. The minimum Gasteiger partial charge on any atom is -0.386 e. The molecule has 0 unspecified atom stereocenters. The van der Waals surface area contributed by atoms with Crippen molar-refractivity contribution < 1.29 is 14.0 Å². The molecule has 25 heavy (non-hydrogen) atoms. The number of unbranched alkanes of at least 4 members (excludes halogenated alkanes) is 9. The maximum atomic E-state index is 5.79. The molecule has 0 N–H and O–H groups in total. The van der Waals surface area contributed by atoms with Gasteiger partial charge in [0.05, 0.1) is 0 Å². The first kappa shape index (κ1) is 26.0. The first-order valence-corrected chi connectivity index (χ1v) is 11.9. The molecule has 0 aromatic heterocycles. The summed E-state index contributed by atoms with van der Waals surface area (Å²) >= 11 is 12.7. The fourth-order valence-corrected chi connectivity index (χ4v) is 3.06. The van der Waals surface area contributed by atoms with Gasteiger partial charge in [0, 0.05) is 19.8 Å². The molecule has 0 heterocycles. The Morgan fingerprint density at radius 3 is 0.960 bits per heavy atom. The molecule has 0 aromatic rings. The Bertz CT molecular complexity index is 214. The van der Waals surface area contributed by atoms with Crippen molar-refractivity contribution in [3.05, 3.63) is 0 Å². The highest BCUT2D eigenvalue weighted by molar-refractivity contribution is 7.80. The van der Waals surface area contributed by atoms with Gasteiger partial charge in [-0.05, 0) is 55.8 Å². The lowest BCUT2D eigenvalue weighted by Crippen LogP contribution is -2.28. The van der Waals surface area contributed by atoms with Gasteiger partial charge in [0.2, 0.25) is 0 Å². The summed E-state index contributed by atoms with van der Waals surface area (Å²) in [5, 5.41) is 0. The van der Waals surface area contributed by atoms with Gasteiger partial charge in [-0.3, -0.25) is 0 Å². The SMILES string of the molecule is SCCCCCCOB(OCCCCCCS)OCCCCCCS. The van der Waals surface area contributed by atoms with Crippen LogP contribution in [-0.2, 0) is 14.0 Å². The quantitative estimate of drug-likeness (QED) is 0.133. The van der Waals surface area contributed by atoms with E-state index in [0.717, 1.165) is 36.5 Å². The fourth-order valence-electron chi connectivity index (χ4n) is 2.39. The highest BCUT2D eigenvalue weighted by atomic mass is 32.1. The van der Waals surface area contributed by atoms with E-state index >= 15 is 0 Å². The van der Waals surface area contributed by atoms with Gasteiger partial charge in [0.15, 0.2) is 0 Å². The Hall–Kier alpha value is 0.995. The molecule has 0 amide bonds. The smallest absolute Gasteiger partial charge is 0.386 e. The largest absolute Gasteiger partial charge is 0.639 e. The molecule has 7 heteroatoms. The van der Waals surface area contributed by atoms with Crippen molar-refractivity contribution in [3.63, 3.8) is 0 Å². The van der Waals surface area contributed by atoms with Crippen molar-refractivity contribution in [3.8, 4) is 0 Å². The second-order valence-corrected chi connectivity index (χ2v) is 7.66. The average molecular weight is 411 g/mol. The summed E-state index contributed by atoms with van der Waals surface area (Å²) in [5.74, 6) is 2.91. The number of hydrogen-bond acceptors (Lipinski definition) is 6. The predicted molar refractivity (Wildman–Crippen MR) is 121 cm³/mol. The van der Waals surface area contributed by atoms with Crippen LogP contribution in [-0.4, -0.2) is 44.4 Å². The van der Waals surface area contributed by atoms with Crippen molar-refractivity contribution in [2.45, 2.75) is 77.0 Å². The summed E-state index contributed by atoms with van der Waals surface area (Å²) in [7, 11) is -0.500. The van der Waals surface area contributed by atoms with Crippen LogP contribution in [0.5, 0.6) is 0 Å². The second kappa shape index (κ2) is 23.0. The van der Waals surface area contributed by atoms with Crippen LogP contribution in [0.3, 0.4) is 0 Å². The second-order valence-electron chi connectivity index (χ2n) is 6.31. The minimum absolute atomic E-state index is 0.500. The summed E-state index contributed by atoms with van der Waals surface area (Å²) in [5.41, 5.74) is 0. The Balaban J connectivity index is 3.76. The first-order valence-electron chi connectivity index (χ1n) is 10.0. The van der Waals surface area contributed by atoms with E-state index in [1.807, 2.05) is 0 Å². The molecule has 3 nitrogen and oxygen atoms in total. The van der Waals surface area contributed by atoms with E-state index in [-0.39, 0.29) is 0 Å². The van der Waals surface area contributed by atoms with Gasteiger partial charge >= 0.3 is 7.32 Å². The summed E-state index contributed by atoms with van der Waals surface area (Å²) in [6.45, 7) is 2.11. The van der Waals surface area contributed by atoms with Gasteiger partial charge in [-0.1, -0.05) is 38.5 Å². The van der Waals surface area contributed by atoms with Crippen molar-refractivity contribution >= 4 is 45.2 Å². The molecular weight excluding hydrogens is 371 g/mol. The van der Waals surface area contributed by atoms with Crippen LogP contribution in [0.25, 0.3) is 0 Å². The first-order chi connectivity index (χ1) is 12.3. The van der Waals surface area contributed by atoms with E-state index in [1.165, 1.54) is 57.8 Å². The summed E-state index contributed by atoms with van der Waals surface area (Å²) in [4.78, 5) is 0. The van der Waals surface area contributed by atoms with Gasteiger partial charge < -0.3 is 14.0 Å². The molecule has 0 spiro atoms. The van der Waals surface area contributed by atoms with Crippen LogP contribution in [0.1, 0.15) is 77.0 Å². The van der Waals surface area contributed by atoms with Crippen molar-refractivity contribution in [2.75, 3.05) is 37.1 Å². The van der Waals surface area contributed by atoms with Gasteiger partial charge in [0.1, 0.15) is 0 Å². The zero-order valence-electron chi connectivity index (χ0n) is 15.9. The highest BCUT2D eigenvalue weighted by Crippen LogP contribution is 2.07. The van der Waals surface area contributed by atoms with E-state index in [1.54, 1.807) is 0 Å². The Morgan fingerprint density at radius 2 is 0.680 bits per heavy atom. The maximum Gasteiger partial charge on any atom is 0.639 e. The minimum atomic E-state index is -0.500. The zero-order valence-corrected chi connectivity index (χ0v) is 18.6. The molecule has 0 aliphatic heterocycles. The normalized spacial score (nSPS) is 11.2. The third-order valence-corrected chi connectivity index (χ3v) is 4.87. The lowest BCUT2D eigenvalue weighted by Gasteiger charge is -2.15. The third kappa shape index (κ3) is 21.2.